The van der Waals surface area contributed by atoms with Crippen molar-refractivity contribution in [2.24, 2.45) is 10.9 Å². The second-order valence-electron chi connectivity index (χ2n) is 3.22. The molecule has 1 atom stereocenters. The summed E-state index contributed by atoms with van der Waals surface area (Å²) in [4.78, 5) is 15.5. The Labute approximate surface area is 108 Å². The van der Waals surface area contributed by atoms with Crippen LogP contribution in [0, 0.1) is 23.1 Å². The van der Waals surface area contributed by atoms with E-state index in [0.29, 0.717) is 5.69 Å². The first-order valence-electron chi connectivity index (χ1n) is 4.98. The number of halogens is 1. The molecule has 0 bridgehead atoms. The number of esters is 1. The van der Waals surface area contributed by atoms with E-state index in [-0.39, 0.29) is 5.04 Å². The van der Waals surface area contributed by atoms with E-state index in [1.165, 1.54) is 25.3 Å². The molecule has 0 aromatic heterocycles. The number of carbonyl (C=O) groups is 1. The maximum Gasteiger partial charge on any atom is 0.329 e. The molecule has 1 unspecified atom stereocenters. The Morgan fingerprint density at radius 1 is 1.61 bits per heavy atom. The van der Waals surface area contributed by atoms with Gasteiger partial charge < -0.3 is 4.74 Å². The number of hydrogen-bond donors (Lipinski definition) is 0. The first-order valence-corrected chi connectivity index (χ1v) is 6.20. The van der Waals surface area contributed by atoms with Crippen LogP contribution in [0.15, 0.2) is 29.3 Å². The summed E-state index contributed by atoms with van der Waals surface area (Å²) < 4.78 is 17.5. The fourth-order valence-electron chi connectivity index (χ4n) is 1.23. The molecule has 0 N–H and O–H groups in total. The number of aliphatic imine (C=N–C) groups is 1. The van der Waals surface area contributed by atoms with E-state index in [1.807, 2.05) is 6.07 Å². The molecule has 0 amide bonds. The zero-order valence-corrected chi connectivity index (χ0v) is 10.7. The number of nitriles is 1. The van der Waals surface area contributed by atoms with Crippen molar-refractivity contribution in [3.05, 3.63) is 30.1 Å². The number of thioether (sulfide) groups is 1. The smallest absolute Gasteiger partial charge is 0.329 e. The largest absolute Gasteiger partial charge is 0.468 e. The Balaban J connectivity index is 3.09. The van der Waals surface area contributed by atoms with E-state index in [9.17, 15) is 9.18 Å². The van der Waals surface area contributed by atoms with E-state index in [1.54, 1.807) is 12.3 Å². The summed E-state index contributed by atoms with van der Waals surface area (Å²) in [5.41, 5.74) is 0.350. The molecule has 0 spiro atoms. The van der Waals surface area contributed by atoms with Gasteiger partial charge in [-0.05, 0) is 24.5 Å². The third-order valence-electron chi connectivity index (χ3n) is 2.07. The highest BCUT2D eigenvalue weighted by atomic mass is 32.2. The van der Waals surface area contributed by atoms with Gasteiger partial charge in [-0.1, -0.05) is 6.07 Å². The summed E-state index contributed by atoms with van der Waals surface area (Å²) in [5.74, 6) is -2.20. The van der Waals surface area contributed by atoms with Crippen molar-refractivity contribution >= 4 is 28.5 Å². The van der Waals surface area contributed by atoms with Gasteiger partial charge in [0.25, 0.3) is 0 Å². The van der Waals surface area contributed by atoms with Crippen molar-refractivity contribution in [3.8, 4) is 6.07 Å². The molecule has 1 rings (SSSR count). The van der Waals surface area contributed by atoms with Gasteiger partial charge >= 0.3 is 5.97 Å². The topological polar surface area (TPSA) is 62.5 Å². The molecule has 18 heavy (non-hydrogen) atoms. The van der Waals surface area contributed by atoms with Crippen molar-refractivity contribution in [2.75, 3.05) is 13.4 Å². The second kappa shape index (κ2) is 6.77. The maximum absolute atomic E-state index is 13.0. The molecular formula is C12H11FN2O2S. The Morgan fingerprint density at radius 2 is 2.33 bits per heavy atom. The zero-order valence-electron chi connectivity index (χ0n) is 9.88. The van der Waals surface area contributed by atoms with Gasteiger partial charge in [0.1, 0.15) is 10.9 Å². The van der Waals surface area contributed by atoms with Crippen molar-refractivity contribution < 1.29 is 13.9 Å². The lowest BCUT2D eigenvalue weighted by atomic mass is 10.2. The third-order valence-corrected chi connectivity index (χ3v) is 2.81. The lowest BCUT2D eigenvalue weighted by Crippen LogP contribution is -2.21. The van der Waals surface area contributed by atoms with Crippen molar-refractivity contribution in [1.29, 1.82) is 5.26 Å². The average molecular weight is 266 g/mol. The van der Waals surface area contributed by atoms with Crippen LogP contribution in [0.25, 0.3) is 0 Å². The molecule has 1 aromatic carbocycles. The predicted octanol–water partition coefficient (Wildman–Crippen LogP) is 2.53. The summed E-state index contributed by atoms with van der Waals surface area (Å²) in [6.45, 7) is 0. The van der Waals surface area contributed by atoms with Gasteiger partial charge in [-0.25, -0.2) is 9.38 Å². The first-order chi connectivity index (χ1) is 8.62. The molecule has 94 valence electrons. The Bertz CT molecular complexity index is 511. The van der Waals surface area contributed by atoms with Crippen LogP contribution in [-0.2, 0) is 9.53 Å². The van der Waals surface area contributed by atoms with Gasteiger partial charge in [0.15, 0.2) is 5.92 Å². The molecule has 0 aliphatic carbocycles. The van der Waals surface area contributed by atoms with Gasteiger partial charge in [-0.15, -0.1) is 11.8 Å². The van der Waals surface area contributed by atoms with E-state index >= 15 is 0 Å². The lowest BCUT2D eigenvalue weighted by molar-refractivity contribution is -0.141. The quantitative estimate of drug-likeness (QED) is 0.479. The maximum atomic E-state index is 13.0. The highest BCUT2D eigenvalue weighted by Gasteiger charge is 2.24. The molecule has 0 saturated carbocycles. The van der Waals surface area contributed by atoms with Gasteiger partial charge in [0.2, 0.25) is 0 Å². The number of nitrogens with zero attached hydrogens (tertiary/aromatic N) is 2. The van der Waals surface area contributed by atoms with E-state index in [2.05, 4.69) is 9.73 Å². The molecule has 0 aliphatic rings. The monoisotopic (exact) mass is 266 g/mol. The number of ether oxygens (including phenoxy) is 1. The number of rotatable bonds is 3. The molecule has 0 saturated heterocycles. The van der Waals surface area contributed by atoms with Gasteiger partial charge in [0, 0.05) is 0 Å². The van der Waals surface area contributed by atoms with Crippen LogP contribution in [0.5, 0.6) is 0 Å². The molecule has 0 heterocycles. The Morgan fingerprint density at radius 3 is 2.83 bits per heavy atom. The van der Waals surface area contributed by atoms with E-state index in [0.717, 1.165) is 11.8 Å². The minimum Gasteiger partial charge on any atom is -0.468 e. The number of hydrogen-bond acceptors (Lipinski definition) is 5. The van der Waals surface area contributed by atoms with Crippen LogP contribution in [0.4, 0.5) is 10.1 Å². The first kappa shape index (κ1) is 14.2. The summed E-state index contributed by atoms with van der Waals surface area (Å²) in [6, 6.07) is 7.43. The summed E-state index contributed by atoms with van der Waals surface area (Å²) in [5, 5.41) is 9.22. The van der Waals surface area contributed by atoms with Gasteiger partial charge in [-0.2, -0.15) is 5.26 Å². The number of methoxy groups -OCH3 is 1. The standard InChI is InChI=1S/C12H11FN2O2S/c1-17-12(16)10(7-14)11(18-2)15-9-5-3-4-8(13)6-9/h3-6,10H,1-2H3. The van der Waals surface area contributed by atoms with E-state index < -0.39 is 17.7 Å². The van der Waals surface area contributed by atoms with E-state index in [4.69, 9.17) is 5.26 Å². The second-order valence-corrected chi connectivity index (χ2v) is 4.05. The van der Waals surface area contributed by atoms with Crippen molar-refractivity contribution in [1.82, 2.24) is 0 Å². The van der Waals surface area contributed by atoms with Crippen molar-refractivity contribution in [3.63, 3.8) is 0 Å². The SMILES string of the molecule is COC(=O)C(C#N)C(=Nc1cccc(F)c1)SC. The Hall–Kier alpha value is -1.87. The highest BCUT2D eigenvalue weighted by Crippen LogP contribution is 2.20. The minimum absolute atomic E-state index is 0.273. The van der Waals surface area contributed by atoms with Crippen LogP contribution in [-0.4, -0.2) is 24.4 Å². The van der Waals surface area contributed by atoms with Gasteiger partial charge in [0.05, 0.1) is 18.9 Å². The molecular weight excluding hydrogens is 255 g/mol. The highest BCUT2D eigenvalue weighted by molar-refractivity contribution is 8.13. The predicted molar refractivity (Wildman–Crippen MR) is 68.1 cm³/mol. The van der Waals surface area contributed by atoms with Crippen LogP contribution in [0.2, 0.25) is 0 Å². The van der Waals surface area contributed by atoms with Crippen molar-refractivity contribution in [2.45, 2.75) is 0 Å². The molecule has 4 nitrogen and oxygen atoms in total. The molecule has 0 radical (unpaired) electrons. The minimum atomic E-state index is -1.09. The molecule has 0 fully saturated rings. The molecule has 0 aliphatic heterocycles. The summed E-state index contributed by atoms with van der Waals surface area (Å²) >= 11 is 1.15. The number of benzene rings is 1. The average Bonchev–Trinajstić information content (AvgIpc) is 2.38. The van der Waals surface area contributed by atoms with Crippen LogP contribution in [0.1, 0.15) is 0 Å². The lowest BCUT2D eigenvalue weighted by Gasteiger charge is -2.08. The van der Waals surface area contributed by atoms with Gasteiger partial charge in [-0.3, -0.25) is 4.79 Å². The van der Waals surface area contributed by atoms with Crippen LogP contribution < -0.4 is 0 Å². The molecule has 6 heteroatoms. The fraction of sp³-hybridized carbons (Fsp3) is 0.250. The summed E-state index contributed by atoms with van der Waals surface area (Å²) in [6.07, 6.45) is 1.69. The Kier molecular flexibility index (Phi) is 5.33. The van der Waals surface area contributed by atoms with Crippen LogP contribution >= 0.6 is 11.8 Å². The third kappa shape index (κ3) is 3.57. The fourth-order valence-corrected chi connectivity index (χ4v) is 1.81. The van der Waals surface area contributed by atoms with Crippen LogP contribution in [0.3, 0.4) is 0 Å². The number of carbonyl (C=O) groups excluding carboxylic acids is 1. The molecule has 1 aromatic rings. The summed E-state index contributed by atoms with van der Waals surface area (Å²) in [7, 11) is 1.20. The normalized spacial score (nSPS) is 12.7. The zero-order chi connectivity index (χ0) is 13.5.